The van der Waals surface area contributed by atoms with E-state index in [2.05, 4.69) is 0 Å². The summed E-state index contributed by atoms with van der Waals surface area (Å²) in [6.45, 7) is 2.16. The number of esters is 1. The summed E-state index contributed by atoms with van der Waals surface area (Å²) in [6.07, 6.45) is 3.79. The molecule has 0 saturated carbocycles. The number of hydrogen-bond donors (Lipinski definition) is 0. The molecule has 0 radical (unpaired) electrons. The molecule has 2 rings (SSSR count). The number of carbonyl (C=O) groups is 2. The Bertz CT molecular complexity index is 672. The van der Waals surface area contributed by atoms with Gasteiger partial charge in [0.15, 0.2) is 5.78 Å². The molecule has 2 aromatic carbocycles. The highest BCUT2D eigenvalue weighted by Gasteiger charge is 2.08. The summed E-state index contributed by atoms with van der Waals surface area (Å²) in [4.78, 5) is 23.6. The molecule has 0 atom stereocenters. The van der Waals surface area contributed by atoms with Crippen molar-refractivity contribution < 1.29 is 14.3 Å². The second-order valence-electron chi connectivity index (χ2n) is 4.73. The second kappa shape index (κ2) is 7.93. The fourth-order valence-corrected chi connectivity index (χ4v) is 2.05. The Morgan fingerprint density at radius 2 is 1.73 bits per heavy atom. The van der Waals surface area contributed by atoms with Gasteiger partial charge >= 0.3 is 5.97 Å². The van der Waals surface area contributed by atoms with Gasteiger partial charge in [0, 0.05) is 11.1 Å². The highest BCUT2D eigenvalue weighted by atomic mass is 16.5. The van der Waals surface area contributed by atoms with Gasteiger partial charge in [-0.1, -0.05) is 60.7 Å². The molecule has 22 heavy (non-hydrogen) atoms. The molecule has 0 bridgehead atoms. The van der Waals surface area contributed by atoms with Crippen LogP contribution in [0.25, 0.3) is 6.08 Å². The van der Waals surface area contributed by atoms with Crippen LogP contribution in [-0.2, 0) is 9.53 Å². The minimum absolute atomic E-state index is 0.0127. The number of benzene rings is 2. The largest absolute Gasteiger partial charge is 0.466 e. The van der Waals surface area contributed by atoms with Gasteiger partial charge < -0.3 is 4.74 Å². The maximum Gasteiger partial charge on any atom is 0.309 e. The first kappa shape index (κ1) is 15.7. The Balaban J connectivity index is 2.09. The molecule has 0 aliphatic heterocycles. The van der Waals surface area contributed by atoms with Crippen LogP contribution < -0.4 is 0 Å². The molecule has 0 N–H and O–H groups in total. The van der Waals surface area contributed by atoms with Gasteiger partial charge in [-0.05, 0) is 18.6 Å². The van der Waals surface area contributed by atoms with Crippen LogP contribution in [0.5, 0.6) is 0 Å². The van der Waals surface area contributed by atoms with E-state index in [4.69, 9.17) is 4.74 Å². The van der Waals surface area contributed by atoms with E-state index in [1.807, 2.05) is 42.5 Å². The number of carbonyl (C=O) groups excluding carboxylic acids is 2. The lowest BCUT2D eigenvalue weighted by Gasteiger charge is -2.02. The third-order valence-electron chi connectivity index (χ3n) is 3.08. The molecule has 0 aliphatic carbocycles. The maximum atomic E-state index is 12.4. The molecular weight excluding hydrogens is 276 g/mol. The zero-order chi connectivity index (χ0) is 15.8. The van der Waals surface area contributed by atoms with Gasteiger partial charge in [0.05, 0.1) is 13.0 Å². The molecule has 0 saturated heterocycles. The Morgan fingerprint density at radius 1 is 1.00 bits per heavy atom. The molecule has 3 heteroatoms. The molecule has 2 aromatic rings. The zero-order valence-corrected chi connectivity index (χ0v) is 12.5. The van der Waals surface area contributed by atoms with Crippen molar-refractivity contribution in [1.82, 2.24) is 0 Å². The highest BCUT2D eigenvalue weighted by molar-refractivity contribution is 6.09. The lowest BCUT2D eigenvalue weighted by Crippen LogP contribution is -2.01. The molecule has 0 fully saturated rings. The van der Waals surface area contributed by atoms with Crippen molar-refractivity contribution in [2.24, 2.45) is 0 Å². The molecule has 0 unspecified atom stereocenters. The van der Waals surface area contributed by atoms with E-state index in [0.717, 1.165) is 5.56 Å². The standard InChI is InChI=1S/C19H18O3/c1-2-22-18(20)13-7-9-15-8-6-12-17(14-15)19(21)16-10-4-3-5-11-16/h3-12,14H,2,13H2,1H3. The molecule has 0 amide bonds. The van der Waals surface area contributed by atoms with Crippen LogP contribution in [-0.4, -0.2) is 18.4 Å². The van der Waals surface area contributed by atoms with Gasteiger partial charge in [-0.2, -0.15) is 0 Å². The molecule has 0 heterocycles. The van der Waals surface area contributed by atoms with E-state index < -0.39 is 0 Å². The average Bonchev–Trinajstić information content (AvgIpc) is 2.55. The van der Waals surface area contributed by atoms with E-state index in [1.165, 1.54) is 0 Å². The quantitative estimate of drug-likeness (QED) is 0.600. The summed E-state index contributed by atoms with van der Waals surface area (Å²) in [5.74, 6) is -0.267. The van der Waals surface area contributed by atoms with Crippen LogP contribution in [0.2, 0.25) is 0 Å². The Kier molecular flexibility index (Phi) is 5.66. The SMILES string of the molecule is CCOC(=O)CC=Cc1cccc(C(=O)c2ccccc2)c1. The van der Waals surface area contributed by atoms with E-state index >= 15 is 0 Å². The topological polar surface area (TPSA) is 43.4 Å². The van der Waals surface area contributed by atoms with E-state index in [-0.39, 0.29) is 18.2 Å². The van der Waals surface area contributed by atoms with Crippen LogP contribution in [0, 0.1) is 0 Å². The summed E-state index contributed by atoms with van der Waals surface area (Å²) in [6, 6.07) is 16.5. The first-order chi connectivity index (χ1) is 10.7. The molecule has 0 aliphatic rings. The fourth-order valence-electron chi connectivity index (χ4n) is 2.05. The summed E-state index contributed by atoms with van der Waals surface area (Å²) < 4.78 is 4.86. The minimum Gasteiger partial charge on any atom is -0.466 e. The van der Waals surface area contributed by atoms with Crippen molar-refractivity contribution in [2.75, 3.05) is 6.61 Å². The smallest absolute Gasteiger partial charge is 0.309 e. The Hall–Kier alpha value is -2.68. The van der Waals surface area contributed by atoms with Crippen LogP contribution in [0.4, 0.5) is 0 Å². The van der Waals surface area contributed by atoms with Gasteiger partial charge in [0.25, 0.3) is 0 Å². The van der Waals surface area contributed by atoms with Crippen LogP contribution in [0.3, 0.4) is 0 Å². The maximum absolute atomic E-state index is 12.4. The molecule has 0 aromatic heterocycles. The first-order valence-corrected chi connectivity index (χ1v) is 7.22. The van der Waals surface area contributed by atoms with Crippen LogP contribution in [0.15, 0.2) is 60.7 Å². The van der Waals surface area contributed by atoms with E-state index in [9.17, 15) is 9.59 Å². The monoisotopic (exact) mass is 294 g/mol. The van der Waals surface area contributed by atoms with E-state index in [0.29, 0.717) is 17.7 Å². The minimum atomic E-state index is -0.254. The van der Waals surface area contributed by atoms with Gasteiger partial charge in [-0.25, -0.2) is 0 Å². The van der Waals surface area contributed by atoms with Gasteiger partial charge in [-0.15, -0.1) is 0 Å². The van der Waals surface area contributed by atoms with Gasteiger partial charge in [-0.3, -0.25) is 9.59 Å². The second-order valence-corrected chi connectivity index (χ2v) is 4.73. The summed E-state index contributed by atoms with van der Waals surface area (Å²) in [5, 5.41) is 0. The molecule has 112 valence electrons. The van der Waals surface area contributed by atoms with Crippen molar-refractivity contribution in [3.63, 3.8) is 0 Å². The Labute approximate surface area is 130 Å². The predicted octanol–water partition coefficient (Wildman–Crippen LogP) is 3.88. The van der Waals surface area contributed by atoms with Crippen molar-refractivity contribution in [2.45, 2.75) is 13.3 Å². The van der Waals surface area contributed by atoms with E-state index in [1.54, 1.807) is 31.2 Å². The third kappa shape index (κ3) is 4.42. The number of rotatable bonds is 6. The van der Waals surface area contributed by atoms with Crippen molar-refractivity contribution in [3.8, 4) is 0 Å². The lowest BCUT2D eigenvalue weighted by molar-refractivity contribution is -0.142. The van der Waals surface area contributed by atoms with Gasteiger partial charge in [0.1, 0.15) is 0 Å². The lowest BCUT2D eigenvalue weighted by atomic mass is 10.0. The van der Waals surface area contributed by atoms with Crippen molar-refractivity contribution >= 4 is 17.8 Å². The fraction of sp³-hybridized carbons (Fsp3) is 0.158. The first-order valence-electron chi connectivity index (χ1n) is 7.22. The zero-order valence-electron chi connectivity index (χ0n) is 12.5. The number of hydrogen-bond acceptors (Lipinski definition) is 3. The summed E-state index contributed by atoms with van der Waals surface area (Å²) >= 11 is 0. The summed E-state index contributed by atoms with van der Waals surface area (Å²) in [5.41, 5.74) is 2.17. The summed E-state index contributed by atoms with van der Waals surface area (Å²) in [7, 11) is 0. The predicted molar refractivity (Wildman–Crippen MR) is 86.6 cm³/mol. The average molecular weight is 294 g/mol. The van der Waals surface area contributed by atoms with Crippen molar-refractivity contribution in [1.29, 1.82) is 0 Å². The third-order valence-corrected chi connectivity index (χ3v) is 3.08. The highest BCUT2D eigenvalue weighted by Crippen LogP contribution is 2.13. The van der Waals surface area contributed by atoms with Crippen LogP contribution >= 0.6 is 0 Å². The van der Waals surface area contributed by atoms with Gasteiger partial charge in [0.2, 0.25) is 0 Å². The normalized spacial score (nSPS) is 10.6. The Morgan fingerprint density at radius 3 is 2.45 bits per heavy atom. The number of ketones is 1. The molecule has 3 nitrogen and oxygen atoms in total. The number of ether oxygens (including phenoxy) is 1. The van der Waals surface area contributed by atoms with Crippen molar-refractivity contribution in [3.05, 3.63) is 77.4 Å². The molecule has 0 spiro atoms. The molecular formula is C19H18O3. The van der Waals surface area contributed by atoms with Crippen LogP contribution in [0.1, 0.15) is 34.8 Å².